The summed E-state index contributed by atoms with van der Waals surface area (Å²) in [5, 5.41) is -0.00973. The van der Waals surface area contributed by atoms with E-state index in [-0.39, 0.29) is 10.6 Å². The van der Waals surface area contributed by atoms with Crippen molar-refractivity contribution in [1.82, 2.24) is 0 Å². The van der Waals surface area contributed by atoms with Crippen molar-refractivity contribution >= 4 is 17.8 Å². The summed E-state index contributed by atoms with van der Waals surface area (Å²) in [5.41, 5.74) is -1.83. The van der Waals surface area contributed by atoms with E-state index in [0.29, 0.717) is 0 Å². The van der Waals surface area contributed by atoms with Gasteiger partial charge in [-0.25, -0.2) is 0 Å². The van der Waals surface area contributed by atoms with Gasteiger partial charge in [0.25, 0.3) is 0 Å². The Morgan fingerprint density at radius 2 is 1.10 bits per heavy atom. The van der Waals surface area contributed by atoms with Gasteiger partial charge >= 0.3 is 23.9 Å². The predicted octanol–water partition coefficient (Wildman–Crippen LogP) is 6.64. The summed E-state index contributed by atoms with van der Waals surface area (Å²) in [6, 6.07) is 13.9. The SMILES string of the molecule is CCC(CC(F)(F)C(F)(F)C(F)(F)C(F)(F)F)P(=O)(c1ccccc1)c1ccccc1. The zero-order valence-corrected chi connectivity index (χ0v) is 16.9. The molecule has 0 fully saturated rings. The van der Waals surface area contributed by atoms with E-state index in [2.05, 4.69) is 0 Å². The number of halogens is 9. The smallest absolute Gasteiger partial charge is 0.313 e. The summed E-state index contributed by atoms with van der Waals surface area (Å²) in [6.07, 6.45) is -9.47. The fourth-order valence-electron chi connectivity index (χ4n) is 3.23. The highest BCUT2D eigenvalue weighted by Crippen LogP contribution is 2.59. The van der Waals surface area contributed by atoms with Gasteiger partial charge in [0.15, 0.2) is 0 Å². The molecule has 0 bridgehead atoms. The van der Waals surface area contributed by atoms with Crippen LogP contribution in [-0.4, -0.2) is 29.6 Å². The molecule has 0 aliphatic carbocycles. The molecule has 0 aliphatic heterocycles. The molecule has 0 heterocycles. The van der Waals surface area contributed by atoms with Gasteiger partial charge < -0.3 is 4.57 Å². The highest BCUT2D eigenvalue weighted by atomic mass is 31.2. The Morgan fingerprint density at radius 1 is 0.710 bits per heavy atom. The Morgan fingerprint density at radius 3 is 1.42 bits per heavy atom. The molecule has 2 rings (SSSR count). The third-order valence-corrected chi connectivity index (χ3v) is 8.67. The molecule has 0 aliphatic rings. The second-order valence-corrected chi connectivity index (χ2v) is 10.0. The first-order chi connectivity index (χ1) is 14.1. The fraction of sp³-hybridized carbons (Fsp3) is 0.400. The van der Waals surface area contributed by atoms with Crippen LogP contribution < -0.4 is 10.6 Å². The van der Waals surface area contributed by atoms with Gasteiger partial charge in [-0.15, -0.1) is 0 Å². The van der Waals surface area contributed by atoms with Crippen molar-refractivity contribution < 1.29 is 44.1 Å². The largest absolute Gasteiger partial charge is 0.460 e. The molecule has 1 unspecified atom stereocenters. The molecule has 31 heavy (non-hydrogen) atoms. The van der Waals surface area contributed by atoms with E-state index in [4.69, 9.17) is 0 Å². The molecule has 2 aromatic carbocycles. The van der Waals surface area contributed by atoms with Crippen LogP contribution in [0.3, 0.4) is 0 Å². The average Bonchev–Trinajstić information content (AvgIpc) is 2.71. The first-order valence-corrected chi connectivity index (χ1v) is 10.8. The standard InChI is InChI=1S/C20H18F9OP/c1-2-14(13-17(21,22)18(23,24)19(25,26)20(27,28)29)31(30,15-9-5-3-6-10-15)16-11-7-4-8-12-16/h3-12,14H,2,13H2,1H3. The van der Waals surface area contributed by atoms with E-state index in [9.17, 15) is 44.1 Å². The van der Waals surface area contributed by atoms with Gasteiger partial charge in [0.2, 0.25) is 0 Å². The third-order valence-electron chi connectivity index (χ3n) is 4.97. The molecule has 0 aromatic heterocycles. The first-order valence-electron chi connectivity index (χ1n) is 9.04. The quantitative estimate of drug-likeness (QED) is 0.309. The molecular weight excluding hydrogens is 458 g/mol. The maximum absolute atomic E-state index is 14.4. The maximum atomic E-state index is 14.4. The fourth-order valence-corrected chi connectivity index (χ4v) is 6.60. The molecule has 172 valence electrons. The number of hydrogen-bond donors (Lipinski definition) is 0. The monoisotopic (exact) mass is 476 g/mol. The minimum Gasteiger partial charge on any atom is -0.313 e. The van der Waals surface area contributed by atoms with Crippen molar-refractivity contribution in [2.24, 2.45) is 0 Å². The summed E-state index contributed by atoms with van der Waals surface area (Å²) >= 11 is 0. The van der Waals surface area contributed by atoms with E-state index >= 15 is 0 Å². The summed E-state index contributed by atoms with van der Waals surface area (Å²) in [4.78, 5) is 0. The second kappa shape index (κ2) is 8.52. The molecule has 0 amide bonds. The van der Waals surface area contributed by atoms with Crippen LogP contribution in [0.4, 0.5) is 39.5 Å². The molecule has 11 heteroatoms. The molecule has 2 aromatic rings. The van der Waals surface area contributed by atoms with Crippen LogP contribution in [0.2, 0.25) is 0 Å². The number of hydrogen-bond acceptors (Lipinski definition) is 1. The van der Waals surface area contributed by atoms with Gasteiger partial charge in [0, 0.05) is 22.7 Å². The Hall–Kier alpha value is -1.96. The minimum atomic E-state index is -6.98. The minimum absolute atomic E-state index is 0.00486. The van der Waals surface area contributed by atoms with Crippen LogP contribution in [0.5, 0.6) is 0 Å². The highest BCUT2D eigenvalue weighted by molar-refractivity contribution is 7.79. The Kier molecular flexibility index (Phi) is 6.96. The Labute approximate surface area is 172 Å². The lowest BCUT2D eigenvalue weighted by Crippen LogP contribution is -2.61. The Bertz CT molecular complexity index is 868. The molecule has 0 spiro atoms. The van der Waals surface area contributed by atoms with Crippen LogP contribution in [0.1, 0.15) is 19.8 Å². The molecule has 1 nitrogen and oxygen atoms in total. The highest BCUT2D eigenvalue weighted by Gasteiger charge is 2.81. The zero-order valence-electron chi connectivity index (χ0n) is 16.0. The van der Waals surface area contributed by atoms with Crippen molar-refractivity contribution in [1.29, 1.82) is 0 Å². The van der Waals surface area contributed by atoms with Crippen LogP contribution in [0.15, 0.2) is 60.7 Å². The second-order valence-electron chi connectivity index (χ2n) is 6.95. The molecule has 0 saturated heterocycles. The predicted molar refractivity (Wildman–Crippen MR) is 99.4 cm³/mol. The number of alkyl halides is 9. The van der Waals surface area contributed by atoms with Gasteiger partial charge in [-0.05, 0) is 6.42 Å². The van der Waals surface area contributed by atoms with E-state index in [1.165, 1.54) is 67.6 Å². The topological polar surface area (TPSA) is 17.1 Å². The van der Waals surface area contributed by atoms with Gasteiger partial charge in [-0.2, -0.15) is 39.5 Å². The molecule has 0 radical (unpaired) electrons. The average molecular weight is 476 g/mol. The summed E-state index contributed by atoms with van der Waals surface area (Å²) in [6.45, 7) is 1.22. The van der Waals surface area contributed by atoms with Crippen LogP contribution in [-0.2, 0) is 4.57 Å². The lowest BCUT2D eigenvalue weighted by molar-refractivity contribution is -0.396. The van der Waals surface area contributed by atoms with E-state index in [0.717, 1.165) is 0 Å². The normalized spacial score (nSPS) is 15.0. The summed E-state index contributed by atoms with van der Waals surface area (Å²) in [7, 11) is -4.13. The lowest BCUT2D eigenvalue weighted by Gasteiger charge is -2.37. The maximum Gasteiger partial charge on any atom is 0.460 e. The molecule has 0 saturated carbocycles. The van der Waals surface area contributed by atoms with Gasteiger partial charge in [-0.3, -0.25) is 0 Å². The number of rotatable bonds is 8. The van der Waals surface area contributed by atoms with Crippen molar-refractivity contribution in [3.8, 4) is 0 Å². The van der Waals surface area contributed by atoms with Gasteiger partial charge in [0.1, 0.15) is 7.14 Å². The van der Waals surface area contributed by atoms with Crippen molar-refractivity contribution in [2.45, 2.75) is 49.4 Å². The van der Waals surface area contributed by atoms with E-state index in [1.807, 2.05) is 0 Å². The summed E-state index contributed by atoms with van der Waals surface area (Å²) in [5.74, 6) is -19.5. The van der Waals surface area contributed by atoms with Crippen molar-refractivity contribution in [3.63, 3.8) is 0 Å². The van der Waals surface area contributed by atoms with E-state index in [1.54, 1.807) is 0 Å². The van der Waals surface area contributed by atoms with E-state index < -0.39 is 49.6 Å². The van der Waals surface area contributed by atoms with Crippen molar-refractivity contribution in [3.05, 3.63) is 60.7 Å². The van der Waals surface area contributed by atoms with Crippen LogP contribution in [0.25, 0.3) is 0 Å². The molecule has 1 atom stereocenters. The third kappa shape index (κ3) is 4.36. The Balaban J connectivity index is 2.59. The van der Waals surface area contributed by atoms with Crippen LogP contribution >= 0.6 is 7.14 Å². The first kappa shape index (κ1) is 25.3. The lowest BCUT2D eigenvalue weighted by atomic mass is 9.99. The summed E-state index contributed by atoms with van der Waals surface area (Å²) < 4.78 is 134. The van der Waals surface area contributed by atoms with Crippen molar-refractivity contribution in [2.75, 3.05) is 0 Å². The zero-order chi connectivity index (χ0) is 23.7. The van der Waals surface area contributed by atoms with Gasteiger partial charge in [-0.1, -0.05) is 67.6 Å². The molecule has 0 N–H and O–H groups in total. The molecular formula is C20H18F9OP. The van der Waals surface area contributed by atoms with Gasteiger partial charge in [0.05, 0.1) is 0 Å². The number of benzene rings is 2. The van der Waals surface area contributed by atoms with Crippen LogP contribution in [0, 0.1) is 0 Å².